The van der Waals surface area contributed by atoms with Gasteiger partial charge in [0.2, 0.25) is 5.91 Å². The Labute approximate surface area is 112 Å². The van der Waals surface area contributed by atoms with E-state index < -0.39 is 4.92 Å². The van der Waals surface area contributed by atoms with Gasteiger partial charge in [-0.1, -0.05) is 25.5 Å². The summed E-state index contributed by atoms with van der Waals surface area (Å²) in [5.41, 5.74) is 0.648. The Morgan fingerprint density at radius 1 is 1.53 bits per heavy atom. The molecule has 1 amide bonds. The second-order valence-electron chi connectivity index (χ2n) is 4.38. The van der Waals surface area contributed by atoms with Crippen LogP contribution in [0.25, 0.3) is 6.08 Å². The number of hydrogen-bond acceptors (Lipinski definition) is 3. The molecule has 0 aliphatic carbocycles. The molecule has 1 rings (SSSR count). The van der Waals surface area contributed by atoms with Gasteiger partial charge in [0.25, 0.3) is 5.69 Å². The van der Waals surface area contributed by atoms with Gasteiger partial charge in [-0.25, -0.2) is 0 Å². The Bertz CT molecular complexity index is 483. The lowest BCUT2D eigenvalue weighted by Crippen LogP contribution is -2.30. The van der Waals surface area contributed by atoms with Crippen LogP contribution < -0.4 is 5.32 Å². The van der Waals surface area contributed by atoms with E-state index >= 15 is 0 Å². The van der Waals surface area contributed by atoms with Crippen molar-refractivity contribution in [1.29, 1.82) is 0 Å². The number of hydrogen-bond donors (Lipinski definition) is 1. The molecule has 0 radical (unpaired) electrons. The second-order valence-corrected chi connectivity index (χ2v) is 4.38. The molecule has 0 aromatic heterocycles. The molecule has 0 heterocycles. The third-order valence-electron chi connectivity index (χ3n) is 2.62. The predicted molar refractivity (Wildman–Crippen MR) is 74.6 cm³/mol. The largest absolute Gasteiger partial charge is 0.350 e. The maximum Gasteiger partial charge on any atom is 0.270 e. The molecule has 1 N–H and O–H groups in total. The fourth-order valence-electron chi connectivity index (χ4n) is 1.71. The number of nitrogens with one attached hydrogen (secondary N) is 1. The number of non-ortho nitro benzene ring substituents is 1. The highest BCUT2D eigenvalue weighted by atomic mass is 16.6. The Balaban J connectivity index is 2.63. The first kappa shape index (κ1) is 14.9. The van der Waals surface area contributed by atoms with Crippen LogP contribution in [0.15, 0.2) is 30.3 Å². The van der Waals surface area contributed by atoms with Crippen LogP contribution in [0.5, 0.6) is 0 Å². The summed E-state index contributed by atoms with van der Waals surface area (Å²) in [7, 11) is 0. The minimum Gasteiger partial charge on any atom is -0.350 e. The van der Waals surface area contributed by atoms with Gasteiger partial charge in [-0.05, 0) is 25.0 Å². The summed E-state index contributed by atoms with van der Waals surface area (Å²) in [6, 6.07) is 6.29. The SMILES string of the molecule is CCC[C@@H](C)NC(=O)/C=C/c1cccc([N+](=O)[O-])c1. The number of amides is 1. The van der Waals surface area contributed by atoms with Gasteiger partial charge < -0.3 is 5.32 Å². The van der Waals surface area contributed by atoms with Crippen molar-refractivity contribution in [3.63, 3.8) is 0 Å². The van der Waals surface area contributed by atoms with Crippen molar-refractivity contribution in [2.24, 2.45) is 0 Å². The summed E-state index contributed by atoms with van der Waals surface area (Å²) in [5.74, 6) is -0.188. The van der Waals surface area contributed by atoms with Crippen LogP contribution in [0.3, 0.4) is 0 Å². The lowest BCUT2D eigenvalue weighted by molar-refractivity contribution is -0.384. The van der Waals surface area contributed by atoms with E-state index in [9.17, 15) is 14.9 Å². The highest BCUT2D eigenvalue weighted by Crippen LogP contribution is 2.13. The van der Waals surface area contributed by atoms with Crippen molar-refractivity contribution < 1.29 is 9.72 Å². The molecule has 5 heteroatoms. The van der Waals surface area contributed by atoms with Crippen LogP contribution in [0.1, 0.15) is 32.3 Å². The Morgan fingerprint density at radius 2 is 2.26 bits per heavy atom. The first-order chi connectivity index (χ1) is 9.02. The molecule has 0 saturated carbocycles. The zero-order valence-electron chi connectivity index (χ0n) is 11.1. The van der Waals surface area contributed by atoms with Crippen molar-refractivity contribution in [2.75, 3.05) is 0 Å². The fourth-order valence-corrected chi connectivity index (χ4v) is 1.71. The topological polar surface area (TPSA) is 72.2 Å². The molecule has 0 aliphatic heterocycles. The number of rotatable bonds is 6. The van der Waals surface area contributed by atoms with Crippen LogP contribution in [0.4, 0.5) is 5.69 Å². The highest BCUT2D eigenvalue weighted by molar-refractivity contribution is 5.91. The zero-order valence-corrected chi connectivity index (χ0v) is 11.1. The molecular formula is C14H18N2O3. The number of nitro groups is 1. The first-order valence-corrected chi connectivity index (χ1v) is 6.26. The lowest BCUT2D eigenvalue weighted by atomic mass is 10.1. The summed E-state index contributed by atoms with van der Waals surface area (Å²) < 4.78 is 0. The van der Waals surface area contributed by atoms with Crippen LogP contribution in [0.2, 0.25) is 0 Å². The van der Waals surface area contributed by atoms with Crippen molar-refractivity contribution in [1.82, 2.24) is 5.32 Å². The molecule has 19 heavy (non-hydrogen) atoms. The smallest absolute Gasteiger partial charge is 0.270 e. The predicted octanol–water partition coefficient (Wildman–Crippen LogP) is 2.91. The van der Waals surface area contributed by atoms with E-state index in [4.69, 9.17) is 0 Å². The van der Waals surface area contributed by atoms with Crippen molar-refractivity contribution >= 4 is 17.7 Å². The molecule has 1 aromatic rings. The van der Waals surface area contributed by atoms with E-state index in [0.717, 1.165) is 12.8 Å². The van der Waals surface area contributed by atoms with Crippen LogP contribution in [0, 0.1) is 10.1 Å². The van der Waals surface area contributed by atoms with E-state index in [1.54, 1.807) is 18.2 Å². The lowest BCUT2D eigenvalue weighted by Gasteiger charge is -2.10. The minimum atomic E-state index is -0.458. The third-order valence-corrected chi connectivity index (χ3v) is 2.62. The summed E-state index contributed by atoms with van der Waals surface area (Å²) >= 11 is 0. The second kappa shape index (κ2) is 7.31. The first-order valence-electron chi connectivity index (χ1n) is 6.26. The third kappa shape index (κ3) is 5.33. The summed E-state index contributed by atoms with van der Waals surface area (Å²) in [6.45, 7) is 4.00. The molecule has 0 unspecified atom stereocenters. The monoisotopic (exact) mass is 262 g/mol. The van der Waals surface area contributed by atoms with Gasteiger partial charge in [-0.3, -0.25) is 14.9 Å². The Morgan fingerprint density at radius 3 is 2.89 bits per heavy atom. The fraction of sp³-hybridized carbons (Fsp3) is 0.357. The van der Waals surface area contributed by atoms with Gasteiger partial charge in [0.15, 0.2) is 0 Å². The molecule has 102 valence electrons. The van der Waals surface area contributed by atoms with E-state index in [0.29, 0.717) is 5.56 Å². The van der Waals surface area contributed by atoms with Crippen LogP contribution >= 0.6 is 0 Å². The molecule has 5 nitrogen and oxygen atoms in total. The minimum absolute atomic E-state index is 0.0157. The normalized spacial score (nSPS) is 12.3. The summed E-state index contributed by atoms with van der Waals surface area (Å²) in [6.07, 6.45) is 4.90. The standard InChI is InChI=1S/C14H18N2O3/c1-3-5-11(2)15-14(17)9-8-12-6-4-7-13(10-12)16(18)19/h4,6-11H,3,5H2,1-2H3,(H,15,17)/b9-8+/t11-/m1/s1. The van der Waals surface area contributed by atoms with Gasteiger partial charge in [0.1, 0.15) is 0 Å². The van der Waals surface area contributed by atoms with Gasteiger partial charge in [-0.15, -0.1) is 0 Å². The summed E-state index contributed by atoms with van der Waals surface area (Å²) in [4.78, 5) is 21.7. The highest BCUT2D eigenvalue weighted by Gasteiger charge is 2.05. The van der Waals surface area contributed by atoms with E-state index in [1.807, 2.05) is 6.92 Å². The Hall–Kier alpha value is -2.17. The number of carbonyl (C=O) groups is 1. The number of nitro benzene ring substituents is 1. The number of benzene rings is 1. The number of carbonyl (C=O) groups excluding carboxylic acids is 1. The van der Waals surface area contributed by atoms with E-state index in [-0.39, 0.29) is 17.6 Å². The number of nitrogens with zero attached hydrogens (tertiary/aromatic N) is 1. The molecule has 0 spiro atoms. The molecule has 0 aliphatic rings. The van der Waals surface area contributed by atoms with Gasteiger partial charge in [-0.2, -0.15) is 0 Å². The average Bonchev–Trinajstić information content (AvgIpc) is 2.37. The quantitative estimate of drug-likeness (QED) is 0.486. The van der Waals surface area contributed by atoms with Gasteiger partial charge in [0, 0.05) is 24.3 Å². The molecular weight excluding hydrogens is 244 g/mol. The maximum atomic E-state index is 11.6. The van der Waals surface area contributed by atoms with Gasteiger partial charge in [0.05, 0.1) is 4.92 Å². The Kier molecular flexibility index (Phi) is 5.73. The molecule has 0 saturated heterocycles. The molecule has 1 aromatic carbocycles. The van der Waals surface area contributed by atoms with Crippen molar-refractivity contribution in [3.8, 4) is 0 Å². The van der Waals surface area contributed by atoms with E-state index in [1.165, 1.54) is 18.2 Å². The average molecular weight is 262 g/mol. The van der Waals surface area contributed by atoms with Crippen LogP contribution in [-0.4, -0.2) is 16.9 Å². The van der Waals surface area contributed by atoms with Gasteiger partial charge >= 0.3 is 0 Å². The molecule has 0 fully saturated rings. The van der Waals surface area contributed by atoms with E-state index in [2.05, 4.69) is 12.2 Å². The maximum absolute atomic E-state index is 11.6. The van der Waals surface area contributed by atoms with Crippen LogP contribution in [-0.2, 0) is 4.79 Å². The zero-order chi connectivity index (χ0) is 14.3. The van der Waals surface area contributed by atoms with Crippen molar-refractivity contribution in [3.05, 3.63) is 46.0 Å². The molecule has 0 bridgehead atoms. The summed E-state index contributed by atoms with van der Waals surface area (Å²) in [5, 5.41) is 13.4. The molecule has 1 atom stereocenters. The van der Waals surface area contributed by atoms with Crippen molar-refractivity contribution in [2.45, 2.75) is 32.7 Å².